The zero-order valence-corrected chi connectivity index (χ0v) is 6.76. The fourth-order valence-corrected chi connectivity index (χ4v) is 0.592. The summed E-state index contributed by atoms with van der Waals surface area (Å²) in [4.78, 5) is 21.2. The number of carboxylic acids is 1. The summed E-state index contributed by atoms with van der Waals surface area (Å²) in [6.07, 6.45) is -2.96. The van der Waals surface area contributed by atoms with Crippen LogP contribution >= 0.6 is 0 Å². The van der Waals surface area contributed by atoms with E-state index < -0.39 is 24.2 Å². The Balaban J connectivity index is 4.28. The number of hydrogen-bond acceptors (Lipinski definition) is 3. The largest absolute Gasteiger partial charge is 0.479 e. The molecule has 6 nitrogen and oxygen atoms in total. The van der Waals surface area contributed by atoms with Crippen LogP contribution in [0.25, 0.3) is 0 Å². The maximum atomic E-state index is 10.3. The molecule has 12 heavy (non-hydrogen) atoms. The minimum absolute atomic E-state index is 0.735. The maximum Gasteiger partial charge on any atom is 0.407 e. The number of likely N-dealkylation sites (N-methyl/N-ethyl adjacent to an activating group) is 1. The first-order valence-corrected chi connectivity index (χ1v) is 3.24. The molecule has 0 saturated carbocycles. The van der Waals surface area contributed by atoms with Crippen molar-refractivity contribution >= 4 is 12.1 Å². The lowest BCUT2D eigenvalue weighted by Crippen LogP contribution is -2.45. The van der Waals surface area contributed by atoms with E-state index >= 15 is 0 Å². The van der Waals surface area contributed by atoms with Crippen molar-refractivity contribution in [3.63, 3.8) is 0 Å². The highest BCUT2D eigenvalue weighted by molar-refractivity contribution is 5.74. The highest BCUT2D eigenvalue weighted by atomic mass is 16.4. The molecule has 2 atom stereocenters. The summed E-state index contributed by atoms with van der Waals surface area (Å²) in [5.41, 5.74) is 0. The molecule has 1 unspecified atom stereocenters. The standard InChI is InChI=1S/C6H11NO5/c1-3(4(8)5(9)10)7(2)6(11)12/h3-4,8H,1-2H3,(H,9,10)(H,11,12)/t3?,4-/m0/s1. The smallest absolute Gasteiger partial charge is 0.407 e. The number of hydrogen-bond donors (Lipinski definition) is 3. The zero-order valence-electron chi connectivity index (χ0n) is 6.76. The van der Waals surface area contributed by atoms with E-state index in [4.69, 9.17) is 15.3 Å². The lowest BCUT2D eigenvalue weighted by Gasteiger charge is -2.23. The van der Waals surface area contributed by atoms with Crippen LogP contribution in [-0.4, -0.2) is 51.5 Å². The molecule has 6 heteroatoms. The fraction of sp³-hybridized carbons (Fsp3) is 0.667. The predicted molar refractivity (Wildman–Crippen MR) is 38.9 cm³/mol. The predicted octanol–water partition coefficient (Wildman–Crippen LogP) is -0.570. The average molecular weight is 177 g/mol. The molecule has 3 N–H and O–H groups in total. The van der Waals surface area contributed by atoms with Gasteiger partial charge in [-0.1, -0.05) is 0 Å². The van der Waals surface area contributed by atoms with Gasteiger partial charge in [-0.25, -0.2) is 9.59 Å². The number of carbonyl (C=O) groups is 2. The molecule has 0 aliphatic rings. The number of rotatable bonds is 3. The summed E-state index contributed by atoms with van der Waals surface area (Å²) in [5, 5.41) is 25.6. The Hall–Kier alpha value is -1.30. The van der Waals surface area contributed by atoms with E-state index in [1.165, 1.54) is 14.0 Å². The molecule has 0 spiro atoms. The first-order valence-electron chi connectivity index (χ1n) is 3.24. The van der Waals surface area contributed by atoms with E-state index in [0.29, 0.717) is 0 Å². The van der Waals surface area contributed by atoms with Gasteiger partial charge >= 0.3 is 12.1 Å². The summed E-state index contributed by atoms with van der Waals surface area (Å²) in [7, 11) is 1.19. The molecule has 0 aromatic rings. The molecular weight excluding hydrogens is 166 g/mol. The number of aliphatic hydroxyl groups is 1. The molecule has 0 aliphatic carbocycles. The molecule has 0 rings (SSSR count). The Morgan fingerprint density at radius 2 is 1.75 bits per heavy atom. The van der Waals surface area contributed by atoms with Gasteiger partial charge in [0.15, 0.2) is 6.10 Å². The second-order valence-electron chi connectivity index (χ2n) is 2.42. The number of aliphatic hydroxyl groups excluding tert-OH is 1. The van der Waals surface area contributed by atoms with E-state index in [9.17, 15) is 9.59 Å². The summed E-state index contributed by atoms with van der Waals surface area (Å²) < 4.78 is 0. The van der Waals surface area contributed by atoms with Gasteiger partial charge in [0.1, 0.15) is 0 Å². The van der Waals surface area contributed by atoms with Crippen molar-refractivity contribution in [3.8, 4) is 0 Å². The van der Waals surface area contributed by atoms with Crippen molar-refractivity contribution in [2.45, 2.75) is 19.1 Å². The zero-order chi connectivity index (χ0) is 9.89. The lowest BCUT2D eigenvalue weighted by molar-refractivity contribution is -0.149. The van der Waals surface area contributed by atoms with Gasteiger partial charge in [-0.05, 0) is 6.92 Å². The van der Waals surface area contributed by atoms with Crippen LogP contribution in [0.15, 0.2) is 0 Å². The summed E-state index contributed by atoms with van der Waals surface area (Å²) in [5.74, 6) is -1.43. The van der Waals surface area contributed by atoms with Crippen LogP contribution in [0.4, 0.5) is 4.79 Å². The van der Waals surface area contributed by atoms with Crippen LogP contribution in [0.5, 0.6) is 0 Å². The van der Waals surface area contributed by atoms with Crippen LogP contribution in [0.3, 0.4) is 0 Å². The Morgan fingerprint density at radius 3 is 2.00 bits per heavy atom. The minimum Gasteiger partial charge on any atom is -0.479 e. The third-order valence-electron chi connectivity index (χ3n) is 1.62. The van der Waals surface area contributed by atoms with Gasteiger partial charge < -0.3 is 20.2 Å². The Labute approximate surface area is 69.0 Å². The van der Waals surface area contributed by atoms with Crippen molar-refractivity contribution in [1.82, 2.24) is 4.90 Å². The first-order chi connectivity index (χ1) is 5.37. The van der Waals surface area contributed by atoms with Gasteiger partial charge in [-0.3, -0.25) is 0 Å². The molecule has 0 radical (unpaired) electrons. The van der Waals surface area contributed by atoms with Gasteiger partial charge in [0.25, 0.3) is 0 Å². The summed E-state index contributed by atoms with van der Waals surface area (Å²) >= 11 is 0. The quantitative estimate of drug-likeness (QED) is 0.536. The van der Waals surface area contributed by atoms with Gasteiger partial charge in [0, 0.05) is 7.05 Å². The molecule has 0 aliphatic heterocycles. The molecule has 0 saturated heterocycles. The van der Waals surface area contributed by atoms with Crippen LogP contribution in [0, 0.1) is 0 Å². The second kappa shape index (κ2) is 3.91. The van der Waals surface area contributed by atoms with Gasteiger partial charge in [-0.2, -0.15) is 0 Å². The molecule has 0 aromatic carbocycles. The van der Waals surface area contributed by atoms with Crippen LogP contribution in [0.1, 0.15) is 6.92 Å². The number of nitrogens with zero attached hydrogens (tertiary/aromatic N) is 1. The van der Waals surface area contributed by atoms with E-state index in [0.717, 1.165) is 4.90 Å². The highest BCUT2D eigenvalue weighted by Gasteiger charge is 2.27. The van der Waals surface area contributed by atoms with Crippen molar-refractivity contribution in [1.29, 1.82) is 0 Å². The number of amides is 1. The molecule has 0 fully saturated rings. The summed E-state index contributed by atoms with van der Waals surface area (Å²) in [6.45, 7) is 1.31. The maximum absolute atomic E-state index is 10.3. The summed E-state index contributed by atoms with van der Waals surface area (Å²) in [6, 6.07) is -0.958. The Kier molecular flexibility index (Phi) is 3.49. The van der Waals surface area contributed by atoms with Crippen molar-refractivity contribution in [2.24, 2.45) is 0 Å². The van der Waals surface area contributed by atoms with E-state index in [2.05, 4.69) is 0 Å². The first kappa shape index (κ1) is 10.7. The monoisotopic (exact) mass is 177 g/mol. The third-order valence-corrected chi connectivity index (χ3v) is 1.62. The van der Waals surface area contributed by atoms with Crippen LogP contribution in [-0.2, 0) is 4.79 Å². The van der Waals surface area contributed by atoms with Crippen LogP contribution in [0.2, 0.25) is 0 Å². The average Bonchev–Trinajstić information content (AvgIpc) is 2.00. The Bertz CT molecular complexity index is 172. The molecule has 0 bridgehead atoms. The lowest BCUT2D eigenvalue weighted by atomic mass is 10.2. The van der Waals surface area contributed by atoms with Gasteiger partial charge in [-0.15, -0.1) is 0 Å². The molecular formula is C6H11NO5. The molecule has 70 valence electrons. The van der Waals surface area contributed by atoms with E-state index in [1.54, 1.807) is 0 Å². The van der Waals surface area contributed by atoms with E-state index in [1.807, 2.05) is 0 Å². The van der Waals surface area contributed by atoms with Crippen molar-refractivity contribution in [3.05, 3.63) is 0 Å². The molecule has 0 heterocycles. The molecule has 1 amide bonds. The fourth-order valence-electron chi connectivity index (χ4n) is 0.592. The number of aliphatic carboxylic acids is 1. The molecule has 0 aromatic heterocycles. The van der Waals surface area contributed by atoms with Gasteiger partial charge in [0.2, 0.25) is 0 Å². The Morgan fingerprint density at radius 1 is 1.33 bits per heavy atom. The second-order valence-corrected chi connectivity index (χ2v) is 2.42. The topological polar surface area (TPSA) is 98.1 Å². The SMILES string of the molecule is CC([C@H](O)C(=O)O)N(C)C(=O)O. The van der Waals surface area contributed by atoms with Crippen molar-refractivity contribution in [2.75, 3.05) is 7.05 Å². The van der Waals surface area contributed by atoms with E-state index in [-0.39, 0.29) is 0 Å². The third kappa shape index (κ3) is 2.39. The normalized spacial score (nSPS) is 14.9. The minimum atomic E-state index is -1.69. The van der Waals surface area contributed by atoms with Crippen LogP contribution < -0.4 is 0 Å². The number of carboxylic acid groups (broad SMARTS) is 2. The van der Waals surface area contributed by atoms with Gasteiger partial charge in [0.05, 0.1) is 6.04 Å². The van der Waals surface area contributed by atoms with Crippen molar-refractivity contribution < 1.29 is 24.9 Å². The highest BCUT2D eigenvalue weighted by Crippen LogP contribution is 2.02.